The molecule has 1 aliphatic rings. The number of nitrogens with zero attached hydrogens (tertiary/aromatic N) is 1. The van der Waals surface area contributed by atoms with Crippen LogP contribution in [0, 0.1) is 0 Å². The van der Waals surface area contributed by atoms with E-state index in [-0.39, 0.29) is 23.6 Å². The fraction of sp³-hybridized carbons (Fsp3) is 0.222. The van der Waals surface area contributed by atoms with Gasteiger partial charge in [0.2, 0.25) is 0 Å². The summed E-state index contributed by atoms with van der Waals surface area (Å²) in [5.74, 6) is -1.86. The second-order valence-electron chi connectivity index (χ2n) is 5.75. The lowest BCUT2D eigenvalue weighted by Gasteiger charge is -2.18. The highest BCUT2D eigenvalue weighted by Crippen LogP contribution is 2.19. The Balaban J connectivity index is 1.70. The number of anilines is 1. The van der Waals surface area contributed by atoms with Gasteiger partial charge in [0.25, 0.3) is 11.8 Å². The molecule has 9 nitrogen and oxygen atoms in total. The van der Waals surface area contributed by atoms with Crippen LogP contribution in [0.3, 0.4) is 0 Å². The maximum atomic E-state index is 12.5. The molecule has 2 heterocycles. The van der Waals surface area contributed by atoms with Crippen LogP contribution in [0.25, 0.3) is 0 Å². The summed E-state index contributed by atoms with van der Waals surface area (Å²) >= 11 is 0. The molecule has 3 rings (SSSR count). The third-order valence-corrected chi connectivity index (χ3v) is 3.89. The summed E-state index contributed by atoms with van der Waals surface area (Å²) in [7, 11) is 0. The molecular formula is C18H17N3O6. The molecule has 1 aromatic carbocycles. The lowest BCUT2D eigenvalue weighted by Crippen LogP contribution is -2.41. The van der Waals surface area contributed by atoms with Gasteiger partial charge in [0.1, 0.15) is 0 Å². The first-order valence-corrected chi connectivity index (χ1v) is 8.21. The Morgan fingerprint density at radius 3 is 2.67 bits per heavy atom. The maximum Gasteiger partial charge on any atom is 0.341 e. The molecule has 2 N–H and O–H groups in total. The number of carbonyl (C=O) groups is 4. The molecule has 0 spiro atoms. The van der Waals surface area contributed by atoms with Crippen molar-refractivity contribution in [1.82, 2.24) is 10.2 Å². The number of amides is 4. The molecule has 0 bridgehead atoms. The van der Waals surface area contributed by atoms with E-state index in [1.807, 2.05) is 0 Å². The van der Waals surface area contributed by atoms with Gasteiger partial charge in [0, 0.05) is 13.1 Å². The summed E-state index contributed by atoms with van der Waals surface area (Å²) in [5.41, 5.74) is 0.283. The Morgan fingerprint density at radius 2 is 2.00 bits per heavy atom. The molecule has 0 saturated carbocycles. The molecular weight excluding hydrogens is 354 g/mol. The molecule has 27 heavy (non-hydrogen) atoms. The van der Waals surface area contributed by atoms with Crippen LogP contribution in [0.5, 0.6) is 0 Å². The van der Waals surface area contributed by atoms with Gasteiger partial charge in [-0.2, -0.15) is 0 Å². The van der Waals surface area contributed by atoms with E-state index in [9.17, 15) is 19.2 Å². The first-order chi connectivity index (χ1) is 13.0. The number of furan rings is 1. The van der Waals surface area contributed by atoms with Crippen LogP contribution in [0.2, 0.25) is 0 Å². The van der Waals surface area contributed by atoms with Crippen molar-refractivity contribution in [2.24, 2.45) is 0 Å². The van der Waals surface area contributed by atoms with Crippen LogP contribution in [-0.2, 0) is 9.53 Å². The highest BCUT2D eigenvalue weighted by molar-refractivity contribution is 6.07. The van der Waals surface area contributed by atoms with Gasteiger partial charge in [-0.3, -0.25) is 14.5 Å². The number of para-hydroxylation sites is 1. The van der Waals surface area contributed by atoms with Crippen molar-refractivity contribution in [2.75, 3.05) is 18.4 Å². The minimum Gasteiger partial charge on any atom is -0.459 e. The van der Waals surface area contributed by atoms with Crippen LogP contribution in [0.4, 0.5) is 10.5 Å². The van der Waals surface area contributed by atoms with Crippen molar-refractivity contribution >= 4 is 29.5 Å². The van der Waals surface area contributed by atoms with Crippen LogP contribution >= 0.6 is 0 Å². The number of benzene rings is 1. The Bertz CT molecular complexity index is 877. The van der Waals surface area contributed by atoms with Crippen LogP contribution in [0.15, 0.2) is 47.1 Å². The number of nitrogens with one attached hydrogen (secondary N) is 2. The molecule has 4 amide bonds. The molecule has 0 aliphatic carbocycles. The molecule has 1 aromatic heterocycles. The van der Waals surface area contributed by atoms with Crippen molar-refractivity contribution in [1.29, 1.82) is 0 Å². The SMILES string of the molecule is CC(OC(=O)c1ccccc1NC(=O)c1ccco1)C(=O)N1CCNC1=O. The molecule has 0 radical (unpaired) electrons. The number of imide groups is 1. The van der Waals surface area contributed by atoms with E-state index in [1.54, 1.807) is 18.2 Å². The summed E-state index contributed by atoms with van der Waals surface area (Å²) in [5, 5.41) is 5.07. The molecule has 1 atom stereocenters. The van der Waals surface area contributed by atoms with E-state index in [0.29, 0.717) is 6.54 Å². The van der Waals surface area contributed by atoms with Gasteiger partial charge in [-0.15, -0.1) is 0 Å². The largest absolute Gasteiger partial charge is 0.459 e. The first-order valence-electron chi connectivity index (χ1n) is 8.21. The van der Waals surface area contributed by atoms with E-state index in [2.05, 4.69) is 10.6 Å². The number of esters is 1. The van der Waals surface area contributed by atoms with E-state index in [1.165, 1.54) is 31.4 Å². The van der Waals surface area contributed by atoms with Gasteiger partial charge in [-0.05, 0) is 31.2 Å². The zero-order chi connectivity index (χ0) is 19.4. The molecule has 9 heteroatoms. The maximum absolute atomic E-state index is 12.5. The van der Waals surface area contributed by atoms with Crippen molar-refractivity contribution < 1.29 is 28.3 Å². The van der Waals surface area contributed by atoms with E-state index in [4.69, 9.17) is 9.15 Å². The van der Waals surface area contributed by atoms with Gasteiger partial charge in [0.05, 0.1) is 17.5 Å². The molecule has 1 saturated heterocycles. The zero-order valence-corrected chi connectivity index (χ0v) is 14.4. The topological polar surface area (TPSA) is 118 Å². The predicted octanol–water partition coefficient (Wildman–Crippen LogP) is 1.63. The van der Waals surface area contributed by atoms with Crippen LogP contribution in [0.1, 0.15) is 27.8 Å². The van der Waals surface area contributed by atoms with Gasteiger partial charge < -0.3 is 19.8 Å². The van der Waals surface area contributed by atoms with Gasteiger partial charge in [-0.1, -0.05) is 12.1 Å². The number of urea groups is 1. The summed E-state index contributed by atoms with van der Waals surface area (Å²) in [6, 6.07) is 8.75. The number of carbonyl (C=O) groups excluding carboxylic acids is 4. The molecule has 2 aromatic rings. The average Bonchev–Trinajstić information content (AvgIpc) is 3.33. The number of rotatable bonds is 5. The highest BCUT2D eigenvalue weighted by atomic mass is 16.5. The average molecular weight is 371 g/mol. The van der Waals surface area contributed by atoms with Gasteiger partial charge in [0.15, 0.2) is 11.9 Å². The van der Waals surface area contributed by atoms with E-state index < -0.39 is 29.9 Å². The van der Waals surface area contributed by atoms with Crippen molar-refractivity contribution in [2.45, 2.75) is 13.0 Å². The lowest BCUT2D eigenvalue weighted by molar-refractivity contribution is -0.136. The monoisotopic (exact) mass is 371 g/mol. The molecule has 140 valence electrons. The van der Waals surface area contributed by atoms with Crippen LogP contribution in [-0.4, -0.2) is 47.9 Å². The second kappa shape index (κ2) is 7.73. The minimum atomic E-state index is -1.16. The predicted molar refractivity (Wildman–Crippen MR) is 93.1 cm³/mol. The second-order valence-corrected chi connectivity index (χ2v) is 5.75. The quantitative estimate of drug-likeness (QED) is 0.771. The smallest absolute Gasteiger partial charge is 0.341 e. The standard InChI is InChI=1S/C18H17N3O6/c1-11(16(23)21-9-8-19-18(21)25)27-17(24)12-5-2-3-6-13(12)20-15(22)14-7-4-10-26-14/h2-7,10-11H,8-9H2,1H3,(H,19,25)(H,20,22). The van der Waals surface area contributed by atoms with E-state index >= 15 is 0 Å². The molecule has 1 aliphatic heterocycles. The van der Waals surface area contributed by atoms with Crippen molar-refractivity contribution in [3.8, 4) is 0 Å². The zero-order valence-electron chi connectivity index (χ0n) is 14.4. The third kappa shape index (κ3) is 3.97. The normalized spacial score (nSPS) is 14.4. The summed E-state index contributed by atoms with van der Waals surface area (Å²) in [6.45, 7) is 1.96. The summed E-state index contributed by atoms with van der Waals surface area (Å²) in [4.78, 5) is 49.4. The van der Waals surface area contributed by atoms with Crippen molar-refractivity contribution in [3.05, 3.63) is 54.0 Å². The van der Waals surface area contributed by atoms with Crippen LogP contribution < -0.4 is 10.6 Å². The van der Waals surface area contributed by atoms with Gasteiger partial charge in [-0.25, -0.2) is 9.59 Å². The Morgan fingerprint density at radius 1 is 1.22 bits per heavy atom. The fourth-order valence-corrected chi connectivity index (χ4v) is 2.54. The third-order valence-electron chi connectivity index (χ3n) is 3.89. The Labute approximate surface area is 154 Å². The van der Waals surface area contributed by atoms with Gasteiger partial charge >= 0.3 is 12.0 Å². The number of hydrogen-bond donors (Lipinski definition) is 2. The number of ether oxygens (including phenoxy) is 1. The summed E-state index contributed by atoms with van der Waals surface area (Å²) < 4.78 is 10.2. The Kier molecular flexibility index (Phi) is 5.20. The summed E-state index contributed by atoms with van der Waals surface area (Å²) in [6.07, 6.45) is 0.201. The fourth-order valence-electron chi connectivity index (χ4n) is 2.54. The molecule has 1 unspecified atom stereocenters. The van der Waals surface area contributed by atoms with E-state index in [0.717, 1.165) is 4.90 Å². The number of hydrogen-bond acceptors (Lipinski definition) is 6. The molecule has 1 fully saturated rings. The first kappa shape index (κ1) is 18.2. The Hall–Kier alpha value is -3.62. The van der Waals surface area contributed by atoms with Crippen molar-refractivity contribution in [3.63, 3.8) is 0 Å². The minimum absolute atomic E-state index is 0.0722. The highest BCUT2D eigenvalue weighted by Gasteiger charge is 2.32. The lowest BCUT2D eigenvalue weighted by atomic mass is 10.1.